The van der Waals surface area contributed by atoms with Crippen LogP contribution in [0.15, 0.2) is 66.9 Å². The van der Waals surface area contributed by atoms with Crippen molar-refractivity contribution in [2.45, 2.75) is 26.0 Å². The summed E-state index contributed by atoms with van der Waals surface area (Å²) in [7, 11) is 1.00. The molecule has 0 fully saturated rings. The number of carbonyl (C=O) groups excluding carboxylic acids is 2. The zero-order valence-corrected chi connectivity index (χ0v) is 22.1. The van der Waals surface area contributed by atoms with Gasteiger partial charge < -0.3 is 19.8 Å². The summed E-state index contributed by atoms with van der Waals surface area (Å²) in [6.45, 7) is 3.76. The van der Waals surface area contributed by atoms with E-state index in [9.17, 15) is 31.5 Å². The molecule has 1 atom stereocenters. The SMILES string of the molecule is C#C.C/C=C\C(C)C=O.CO.O=C(Nc1ccc(-c2c(C(F)(F)F)ccn2CCl)cc1)c1cccc(F)c1F. The second-order valence-corrected chi connectivity index (χ2v) is 7.56. The van der Waals surface area contributed by atoms with E-state index in [1.807, 2.05) is 26.0 Å². The lowest BCUT2D eigenvalue weighted by molar-refractivity contribution is -0.137. The smallest absolute Gasteiger partial charge is 0.400 e. The number of aliphatic hydroxyl groups excluding tert-OH is 1. The molecule has 1 heterocycles. The van der Waals surface area contributed by atoms with Crippen LogP contribution in [0.5, 0.6) is 0 Å². The first-order valence-corrected chi connectivity index (χ1v) is 11.6. The Labute approximate surface area is 228 Å². The average molecular weight is 571 g/mol. The van der Waals surface area contributed by atoms with E-state index >= 15 is 0 Å². The van der Waals surface area contributed by atoms with Gasteiger partial charge in [0.25, 0.3) is 5.91 Å². The maximum atomic E-state index is 13.7. The van der Waals surface area contributed by atoms with Crippen LogP contribution in [0, 0.1) is 30.4 Å². The molecular weight excluding hydrogens is 543 g/mol. The molecule has 39 heavy (non-hydrogen) atoms. The molecule has 5 nitrogen and oxygen atoms in total. The number of aromatic nitrogens is 1. The minimum Gasteiger partial charge on any atom is -0.400 e. The van der Waals surface area contributed by atoms with Crippen molar-refractivity contribution in [3.05, 3.63) is 89.6 Å². The summed E-state index contributed by atoms with van der Waals surface area (Å²) in [6.07, 6.45) is 9.31. The molecule has 2 aromatic carbocycles. The van der Waals surface area contributed by atoms with Crippen molar-refractivity contribution in [2.75, 3.05) is 12.4 Å². The summed E-state index contributed by atoms with van der Waals surface area (Å²) in [4.78, 5) is 21.9. The van der Waals surface area contributed by atoms with Gasteiger partial charge in [-0.05, 0) is 42.8 Å². The fourth-order valence-electron chi connectivity index (χ4n) is 3.06. The van der Waals surface area contributed by atoms with Crippen LogP contribution in [0.2, 0.25) is 0 Å². The molecule has 3 rings (SSSR count). The highest BCUT2D eigenvalue weighted by molar-refractivity contribution is 6.15. The average Bonchev–Trinajstić information content (AvgIpc) is 3.38. The van der Waals surface area contributed by atoms with Gasteiger partial charge in [0, 0.05) is 24.9 Å². The standard InChI is InChI=1S/C19H12ClF5N2O.C6H10O.C2H2.CH4O/c20-10-27-9-8-14(19(23,24)25)17(27)11-4-6-12(7-5-11)26-18(28)13-2-1-3-15(21)16(13)22;1-3-4-6(2)5-7;2*1-2/h1-9H,10H2,(H,26,28);3-6H,1-2H3;1-2H;2H,1H3/b;4-3-;;. The number of benzene rings is 2. The Kier molecular flexibility index (Phi) is 15.8. The fraction of sp³-hybridized carbons (Fsp3) is 0.214. The highest BCUT2D eigenvalue weighted by Crippen LogP contribution is 2.38. The van der Waals surface area contributed by atoms with Crippen LogP contribution in [-0.4, -0.2) is 29.0 Å². The van der Waals surface area contributed by atoms with Gasteiger partial charge in [-0.2, -0.15) is 13.2 Å². The number of rotatable bonds is 6. The number of nitrogens with one attached hydrogen (secondary N) is 1. The number of hydrogen-bond donors (Lipinski definition) is 2. The molecule has 210 valence electrons. The number of nitrogens with zero attached hydrogens (tertiary/aromatic N) is 1. The fourth-order valence-corrected chi connectivity index (χ4v) is 3.26. The molecule has 0 radical (unpaired) electrons. The third-order valence-electron chi connectivity index (χ3n) is 4.72. The van der Waals surface area contributed by atoms with Crippen molar-refractivity contribution in [2.24, 2.45) is 5.92 Å². The maximum absolute atomic E-state index is 13.7. The molecular formula is C28H28ClF5N2O3. The number of alkyl halides is 4. The predicted molar refractivity (Wildman–Crippen MR) is 143 cm³/mol. The molecule has 0 aliphatic rings. The van der Waals surface area contributed by atoms with E-state index in [0.29, 0.717) is 0 Å². The number of aldehydes is 1. The van der Waals surface area contributed by atoms with Gasteiger partial charge >= 0.3 is 6.18 Å². The molecule has 3 aromatic rings. The van der Waals surface area contributed by atoms with Crippen LogP contribution in [0.25, 0.3) is 11.3 Å². The van der Waals surface area contributed by atoms with Gasteiger partial charge in [0.1, 0.15) is 6.29 Å². The van der Waals surface area contributed by atoms with E-state index in [4.69, 9.17) is 16.7 Å². The van der Waals surface area contributed by atoms with Crippen molar-refractivity contribution < 1.29 is 36.6 Å². The Morgan fingerprint density at radius 2 is 1.69 bits per heavy atom. The topological polar surface area (TPSA) is 71.3 Å². The summed E-state index contributed by atoms with van der Waals surface area (Å²) in [5.41, 5.74) is -1.01. The number of amides is 1. The number of halogens is 6. The van der Waals surface area contributed by atoms with Gasteiger partial charge in [0.15, 0.2) is 11.6 Å². The van der Waals surface area contributed by atoms with E-state index in [1.165, 1.54) is 41.1 Å². The largest absolute Gasteiger partial charge is 0.418 e. The third-order valence-corrected chi connectivity index (χ3v) is 4.98. The van der Waals surface area contributed by atoms with Crippen LogP contribution in [0.4, 0.5) is 27.6 Å². The van der Waals surface area contributed by atoms with E-state index in [1.54, 1.807) is 0 Å². The van der Waals surface area contributed by atoms with Gasteiger partial charge in [-0.3, -0.25) is 4.79 Å². The van der Waals surface area contributed by atoms with Crippen LogP contribution in [0.1, 0.15) is 29.8 Å². The summed E-state index contributed by atoms with van der Waals surface area (Å²) in [6, 6.07) is 9.39. The van der Waals surface area contributed by atoms with Gasteiger partial charge in [0.2, 0.25) is 0 Å². The lowest BCUT2D eigenvalue weighted by atomic mass is 10.1. The van der Waals surface area contributed by atoms with Crippen LogP contribution < -0.4 is 5.32 Å². The second kappa shape index (κ2) is 17.5. The molecule has 1 unspecified atom stereocenters. The molecule has 0 aliphatic heterocycles. The highest BCUT2D eigenvalue weighted by atomic mass is 35.5. The number of carbonyl (C=O) groups is 2. The molecule has 1 amide bonds. The second-order valence-electron chi connectivity index (χ2n) is 7.32. The molecule has 11 heteroatoms. The lowest BCUT2D eigenvalue weighted by Crippen LogP contribution is -2.14. The van der Waals surface area contributed by atoms with Crippen LogP contribution in [0.3, 0.4) is 0 Å². The molecule has 0 aliphatic carbocycles. The summed E-state index contributed by atoms with van der Waals surface area (Å²) >= 11 is 5.71. The van der Waals surface area contributed by atoms with Gasteiger partial charge in [-0.1, -0.05) is 37.3 Å². The minimum atomic E-state index is -4.56. The van der Waals surface area contributed by atoms with Crippen molar-refractivity contribution in [1.29, 1.82) is 0 Å². The first-order chi connectivity index (χ1) is 18.5. The van der Waals surface area contributed by atoms with Crippen molar-refractivity contribution in [3.8, 4) is 24.1 Å². The molecule has 0 saturated carbocycles. The Balaban J connectivity index is 0.00000113. The van der Waals surface area contributed by atoms with Crippen molar-refractivity contribution in [3.63, 3.8) is 0 Å². The van der Waals surface area contributed by atoms with E-state index in [-0.39, 0.29) is 28.9 Å². The zero-order valence-electron chi connectivity index (χ0n) is 21.3. The molecule has 0 spiro atoms. The summed E-state index contributed by atoms with van der Waals surface area (Å²) < 4.78 is 67.8. The van der Waals surface area contributed by atoms with Crippen LogP contribution >= 0.6 is 11.6 Å². The Morgan fingerprint density at radius 1 is 1.10 bits per heavy atom. The highest BCUT2D eigenvalue weighted by Gasteiger charge is 2.35. The van der Waals surface area contributed by atoms with Gasteiger partial charge in [0.05, 0.1) is 22.8 Å². The lowest BCUT2D eigenvalue weighted by Gasteiger charge is -2.13. The Hall–Kier alpha value is -3.94. The third kappa shape index (κ3) is 10.4. The quantitative estimate of drug-likeness (QED) is 0.109. The number of aliphatic hydroxyl groups is 1. The van der Waals surface area contributed by atoms with Gasteiger partial charge in [-0.25, -0.2) is 8.78 Å². The predicted octanol–water partition coefficient (Wildman–Crippen LogP) is 7.16. The van der Waals surface area contributed by atoms with Crippen LogP contribution in [-0.2, 0) is 17.0 Å². The summed E-state index contributed by atoms with van der Waals surface area (Å²) in [5, 5.41) is 9.37. The number of allylic oxidation sites excluding steroid dienone is 2. The van der Waals surface area contributed by atoms with E-state index in [2.05, 4.69) is 18.2 Å². The van der Waals surface area contributed by atoms with E-state index < -0.39 is 34.8 Å². The normalized spacial score (nSPS) is 11.1. The number of anilines is 1. The molecule has 1 aromatic heterocycles. The number of terminal acetylenes is 1. The first kappa shape index (κ1) is 35.1. The summed E-state index contributed by atoms with van der Waals surface area (Å²) in [5.74, 6) is -3.24. The monoisotopic (exact) mass is 570 g/mol. The van der Waals surface area contributed by atoms with Crippen molar-refractivity contribution >= 4 is 29.5 Å². The maximum Gasteiger partial charge on any atom is 0.418 e. The molecule has 2 N–H and O–H groups in total. The first-order valence-electron chi connectivity index (χ1n) is 11.1. The Morgan fingerprint density at radius 3 is 2.15 bits per heavy atom. The van der Waals surface area contributed by atoms with Gasteiger partial charge in [-0.15, -0.1) is 24.4 Å². The molecule has 0 bridgehead atoms. The zero-order chi connectivity index (χ0) is 30.2. The number of hydrogen-bond acceptors (Lipinski definition) is 3. The molecule has 0 saturated heterocycles. The van der Waals surface area contributed by atoms with Crippen molar-refractivity contribution in [1.82, 2.24) is 4.57 Å². The minimum absolute atomic E-state index is 0.0880. The van der Waals surface area contributed by atoms with E-state index in [0.717, 1.165) is 31.6 Å². The Bertz CT molecular complexity index is 1240.